The summed E-state index contributed by atoms with van der Waals surface area (Å²) >= 11 is 1.14. The van der Waals surface area contributed by atoms with Gasteiger partial charge in [0.1, 0.15) is 4.88 Å². The molecule has 2 heterocycles. The first-order valence-corrected chi connectivity index (χ1v) is 11.3. The van der Waals surface area contributed by atoms with Crippen LogP contribution in [0.15, 0.2) is 24.3 Å². The quantitative estimate of drug-likeness (QED) is 0.408. The van der Waals surface area contributed by atoms with Crippen LogP contribution < -0.4 is 0 Å². The third-order valence-corrected chi connectivity index (χ3v) is 6.30. The number of unbranched alkanes of at least 4 members (excludes halogenated alkanes) is 1. The maximum absolute atomic E-state index is 14.0. The van der Waals surface area contributed by atoms with Gasteiger partial charge in [-0.05, 0) is 37.3 Å². The molecular weight excluding hydrogens is 424 g/mol. The lowest BCUT2D eigenvalue weighted by molar-refractivity contribution is -0.148. The molecule has 1 aromatic rings. The fourth-order valence-corrected chi connectivity index (χ4v) is 4.20. The van der Waals surface area contributed by atoms with Crippen LogP contribution in [0.5, 0.6) is 0 Å². The van der Waals surface area contributed by atoms with Crippen LogP contribution >= 0.6 is 11.3 Å². The van der Waals surface area contributed by atoms with E-state index in [9.17, 15) is 23.5 Å². The number of aryl methyl sites for hydroxylation is 1. The Morgan fingerprint density at radius 1 is 1.42 bits per heavy atom. The zero-order chi connectivity index (χ0) is 23.0. The van der Waals surface area contributed by atoms with E-state index in [2.05, 4.69) is 11.8 Å². The van der Waals surface area contributed by atoms with Crippen LogP contribution in [0.2, 0.25) is 0 Å². The van der Waals surface area contributed by atoms with E-state index in [0.29, 0.717) is 19.3 Å². The number of aromatic carboxylic acids is 1. The minimum absolute atomic E-state index is 0.137. The molecule has 5 nitrogen and oxygen atoms in total. The second-order valence-corrected chi connectivity index (χ2v) is 8.98. The number of thiophene rings is 1. The summed E-state index contributed by atoms with van der Waals surface area (Å²) in [6.07, 6.45) is 4.76. The molecular formula is C23H29F2NO4S. The maximum atomic E-state index is 14.0. The number of rotatable bonds is 10. The van der Waals surface area contributed by atoms with Crippen molar-refractivity contribution in [2.24, 2.45) is 5.92 Å². The Hall–Kier alpha value is -2.24. The molecule has 1 aliphatic rings. The number of carbonyl (C=O) groups excluding carboxylic acids is 1. The molecule has 0 spiro atoms. The van der Waals surface area contributed by atoms with Crippen LogP contribution in [-0.2, 0) is 11.2 Å². The molecule has 0 saturated carbocycles. The number of aliphatic hydroxyl groups is 1. The number of halogens is 2. The fourth-order valence-electron chi connectivity index (χ4n) is 3.31. The zero-order valence-electron chi connectivity index (χ0n) is 17.8. The Bertz CT molecular complexity index is 855. The number of nitrogens with zero attached hydrogens (tertiary/aromatic N) is 1. The number of amides is 1. The van der Waals surface area contributed by atoms with Crippen molar-refractivity contribution >= 4 is 23.2 Å². The molecule has 1 fully saturated rings. The van der Waals surface area contributed by atoms with E-state index < -0.39 is 36.4 Å². The summed E-state index contributed by atoms with van der Waals surface area (Å²) in [4.78, 5) is 25.3. The third kappa shape index (κ3) is 7.15. The first-order valence-electron chi connectivity index (χ1n) is 10.5. The predicted octanol–water partition coefficient (Wildman–Crippen LogP) is 4.36. The van der Waals surface area contributed by atoms with E-state index in [0.717, 1.165) is 34.0 Å². The van der Waals surface area contributed by atoms with Gasteiger partial charge in [-0.1, -0.05) is 26.0 Å². The molecule has 1 amide bonds. The van der Waals surface area contributed by atoms with Gasteiger partial charge in [0.05, 0.1) is 12.1 Å². The average Bonchev–Trinajstić information content (AvgIpc) is 3.27. The van der Waals surface area contributed by atoms with Crippen LogP contribution in [0.4, 0.5) is 8.78 Å². The van der Waals surface area contributed by atoms with Crippen molar-refractivity contribution in [1.29, 1.82) is 0 Å². The van der Waals surface area contributed by atoms with Gasteiger partial charge in [-0.2, -0.15) is 8.78 Å². The molecule has 3 atom stereocenters. The largest absolute Gasteiger partial charge is 0.477 e. The van der Waals surface area contributed by atoms with E-state index in [-0.39, 0.29) is 17.3 Å². The molecule has 170 valence electrons. The number of aliphatic hydroxyl groups excluding tert-OH is 1. The standard InChI is InChI=1S/C23H29F2NO4S/c1-3-4-5-6-8-16(2)19(27)12-10-17-15-23(24,25)22(30)26(17)14-7-9-18-11-13-20(31-18)21(28)29/h10-13,16-17,19,27H,3-4,7-9,14-15H2,1-2H3,(H,28,29). The van der Waals surface area contributed by atoms with Crippen LogP contribution in [0.25, 0.3) is 0 Å². The topological polar surface area (TPSA) is 77.8 Å². The first kappa shape index (κ1) is 25.0. The van der Waals surface area contributed by atoms with Gasteiger partial charge in [-0.25, -0.2) is 4.79 Å². The van der Waals surface area contributed by atoms with E-state index >= 15 is 0 Å². The highest BCUT2D eigenvalue weighted by Gasteiger charge is 2.52. The number of carboxylic acids is 1. The number of alkyl halides is 2. The molecule has 0 bridgehead atoms. The van der Waals surface area contributed by atoms with Crippen LogP contribution in [0.1, 0.15) is 60.5 Å². The minimum Gasteiger partial charge on any atom is -0.477 e. The Morgan fingerprint density at radius 2 is 2.16 bits per heavy atom. The van der Waals surface area contributed by atoms with Crippen LogP contribution in [0, 0.1) is 17.8 Å². The number of hydrogen-bond donors (Lipinski definition) is 2. The second kappa shape index (κ2) is 11.4. The molecule has 2 rings (SSSR count). The molecule has 2 N–H and O–H groups in total. The smallest absolute Gasteiger partial charge is 0.345 e. The molecule has 1 aliphatic heterocycles. The number of hydrogen-bond acceptors (Lipinski definition) is 4. The van der Waals surface area contributed by atoms with Gasteiger partial charge < -0.3 is 15.1 Å². The van der Waals surface area contributed by atoms with Gasteiger partial charge >= 0.3 is 11.9 Å². The Labute approximate surface area is 185 Å². The van der Waals surface area contributed by atoms with Gasteiger partial charge in [0, 0.05) is 30.7 Å². The summed E-state index contributed by atoms with van der Waals surface area (Å²) in [5, 5.41) is 19.3. The van der Waals surface area contributed by atoms with Crippen LogP contribution in [0.3, 0.4) is 0 Å². The van der Waals surface area contributed by atoms with Gasteiger partial charge in [-0.15, -0.1) is 23.2 Å². The molecule has 0 aromatic carbocycles. The summed E-state index contributed by atoms with van der Waals surface area (Å²) in [5.74, 6) is 0.263. The SMILES string of the molecule is CCCC#CCC(C)C(O)C=CC1CC(F)(F)C(=O)N1CCCc1ccc(C(=O)O)s1. The molecule has 1 saturated heterocycles. The van der Waals surface area contributed by atoms with Crippen molar-refractivity contribution in [2.45, 2.75) is 70.4 Å². The summed E-state index contributed by atoms with van der Waals surface area (Å²) in [7, 11) is 0. The second-order valence-electron chi connectivity index (χ2n) is 7.81. The van der Waals surface area contributed by atoms with Crippen molar-refractivity contribution in [1.82, 2.24) is 4.90 Å². The van der Waals surface area contributed by atoms with Gasteiger partial charge in [0.2, 0.25) is 0 Å². The fraction of sp³-hybridized carbons (Fsp3) is 0.565. The molecule has 8 heteroatoms. The number of likely N-dealkylation sites (tertiary alicyclic amines) is 1. The molecule has 0 radical (unpaired) electrons. The molecule has 3 unspecified atom stereocenters. The highest BCUT2D eigenvalue weighted by atomic mass is 32.1. The monoisotopic (exact) mass is 453 g/mol. The maximum Gasteiger partial charge on any atom is 0.345 e. The Kier molecular flexibility index (Phi) is 9.20. The van der Waals surface area contributed by atoms with Crippen molar-refractivity contribution in [2.75, 3.05) is 6.54 Å². The van der Waals surface area contributed by atoms with Gasteiger partial charge in [-0.3, -0.25) is 4.79 Å². The number of carbonyl (C=O) groups is 2. The van der Waals surface area contributed by atoms with E-state index in [1.165, 1.54) is 18.2 Å². The van der Waals surface area contributed by atoms with Crippen molar-refractivity contribution < 1.29 is 28.6 Å². The number of carboxylic acid groups (broad SMARTS) is 1. The Balaban J connectivity index is 1.95. The van der Waals surface area contributed by atoms with Crippen molar-refractivity contribution in [3.63, 3.8) is 0 Å². The summed E-state index contributed by atoms with van der Waals surface area (Å²) in [6.45, 7) is 4.01. The van der Waals surface area contributed by atoms with E-state index in [4.69, 9.17) is 5.11 Å². The van der Waals surface area contributed by atoms with Gasteiger partial charge in [0.15, 0.2) is 0 Å². The summed E-state index contributed by atoms with van der Waals surface area (Å²) in [5.41, 5.74) is 0. The predicted molar refractivity (Wildman–Crippen MR) is 116 cm³/mol. The molecule has 31 heavy (non-hydrogen) atoms. The van der Waals surface area contributed by atoms with E-state index in [1.807, 2.05) is 13.8 Å². The zero-order valence-corrected chi connectivity index (χ0v) is 18.6. The first-order chi connectivity index (χ1) is 14.7. The lowest BCUT2D eigenvalue weighted by atomic mass is 9.99. The summed E-state index contributed by atoms with van der Waals surface area (Å²) < 4.78 is 28.1. The lowest BCUT2D eigenvalue weighted by Crippen LogP contribution is -2.36. The normalized spacial score (nSPS) is 20.0. The van der Waals surface area contributed by atoms with Crippen LogP contribution in [-0.4, -0.2) is 51.6 Å². The lowest BCUT2D eigenvalue weighted by Gasteiger charge is -2.22. The van der Waals surface area contributed by atoms with E-state index in [1.54, 1.807) is 6.07 Å². The molecule has 1 aromatic heterocycles. The van der Waals surface area contributed by atoms with Crippen molar-refractivity contribution in [3.8, 4) is 11.8 Å². The van der Waals surface area contributed by atoms with Gasteiger partial charge in [0.25, 0.3) is 5.91 Å². The highest BCUT2D eigenvalue weighted by Crippen LogP contribution is 2.34. The minimum atomic E-state index is -3.42. The average molecular weight is 454 g/mol. The Morgan fingerprint density at radius 3 is 2.81 bits per heavy atom. The van der Waals surface area contributed by atoms with Crippen molar-refractivity contribution in [3.05, 3.63) is 34.0 Å². The summed E-state index contributed by atoms with van der Waals surface area (Å²) in [6, 6.07) is 2.43. The highest BCUT2D eigenvalue weighted by molar-refractivity contribution is 7.13. The third-order valence-electron chi connectivity index (χ3n) is 5.17. The molecule has 0 aliphatic carbocycles.